The molecule has 19 heavy (non-hydrogen) atoms. The second-order valence-electron chi connectivity index (χ2n) is 6.96. The second kappa shape index (κ2) is 4.89. The molecule has 4 aliphatic carbocycles. The lowest BCUT2D eigenvalue weighted by molar-refractivity contribution is -0.0142. The second-order valence-corrected chi connectivity index (χ2v) is 7.88. The van der Waals surface area contributed by atoms with Crippen LogP contribution in [-0.2, 0) is 6.54 Å². The fourth-order valence-corrected chi connectivity index (χ4v) is 5.36. The highest BCUT2D eigenvalue weighted by Gasteiger charge is 2.47. The Kier molecular flexibility index (Phi) is 3.19. The molecule has 2 heteroatoms. The van der Waals surface area contributed by atoms with E-state index in [1.807, 2.05) is 0 Å². The van der Waals surface area contributed by atoms with E-state index in [2.05, 4.69) is 45.5 Å². The van der Waals surface area contributed by atoms with Gasteiger partial charge in [0.15, 0.2) is 0 Å². The molecule has 0 amide bonds. The molecule has 0 heterocycles. The Labute approximate surface area is 124 Å². The van der Waals surface area contributed by atoms with Gasteiger partial charge in [-0.1, -0.05) is 28.1 Å². The molecule has 0 spiro atoms. The van der Waals surface area contributed by atoms with Crippen molar-refractivity contribution in [1.82, 2.24) is 5.32 Å². The van der Waals surface area contributed by atoms with Gasteiger partial charge in [-0.3, -0.25) is 0 Å². The standard InChI is InChI=1S/C17H22BrN/c18-16-3-1-11(2-4-16)10-19-17-14-6-12-5-13(8-14)9-15(17)7-12/h1-4,12-15,17,19H,5-10H2. The lowest BCUT2D eigenvalue weighted by Gasteiger charge is -2.54. The van der Waals surface area contributed by atoms with E-state index in [4.69, 9.17) is 0 Å². The maximum atomic E-state index is 3.89. The van der Waals surface area contributed by atoms with Crippen LogP contribution in [-0.4, -0.2) is 6.04 Å². The zero-order valence-electron chi connectivity index (χ0n) is 11.3. The first-order valence-electron chi connectivity index (χ1n) is 7.76. The number of halogens is 1. The highest BCUT2D eigenvalue weighted by atomic mass is 79.9. The van der Waals surface area contributed by atoms with Crippen LogP contribution in [0.2, 0.25) is 0 Å². The molecule has 4 aliphatic rings. The third kappa shape index (κ3) is 2.38. The van der Waals surface area contributed by atoms with Gasteiger partial charge >= 0.3 is 0 Å². The molecule has 1 N–H and O–H groups in total. The molecule has 4 bridgehead atoms. The molecule has 0 aromatic heterocycles. The van der Waals surface area contributed by atoms with E-state index in [1.165, 1.54) is 35.7 Å². The normalized spacial score (nSPS) is 39.7. The van der Waals surface area contributed by atoms with Crippen molar-refractivity contribution < 1.29 is 0 Å². The quantitative estimate of drug-likeness (QED) is 0.872. The SMILES string of the molecule is Brc1ccc(CNC2C3CC4CC(C3)CC2C4)cc1. The number of hydrogen-bond donors (Lipinski definition) is 1. The zero-order valence-corrected chi connectivity index (χ0v) is 12.9. The van der Waals surface area contributed by atoms with Gasteiger partial charge in [-0.2, -0.15) is 0 Å². The summed E-state index contributed by atoms with van der Waals surface area (Å²) in [4.78, 5) is 0. The monoisotopic (exact) mass is 319 g/mol. The van der Waals surface area contributed by atoms with E-state index in [9.17, 15) is 0 Å². The van der Waals surface area contributed by atoms with E-state index in [-0.39, 0.29) is 0 Å². The Morgan fingerprint density at radius 3 is 2.05 bits per heavy atom. The van der Waals surface area contributed by atoms with Crippen molar-refractivity contribution in [2.75, 3.05) is 0 Å². The highest BCUT2D eigenvalue weighted by Crippen LogP contribution is 2.53. The number of rotatable bonds is 3. The largest absolute Gasteiger partial charge is 0.309 e. The van der Waals surface area contributed by atoms with Crippen molar-refractivity contribution in [1.29, 1.82) is 0 Å². The average molecular weight is 320 g/mol. The van der Waals surface area contributed by atoms with Gasteiger partial charge in [-0.15, -0.1) is 0 Å². The predicted molar refractivity (Wildman–Crippen MR) is 81.8 cm³/mol. The third-order valence-corrected chi connectivity index (χ3v) is 6.21. The minimum absolute atomic E-state index is 0.802. The molecule has 1 nitrogen and oxygen atoms in total. The summed E-state index contributed by atoms with van der Waals surface area (Å²) in [6.45, 7) is 1.04. The topological polar surface area (TPSA) is 12.0 Å². The highest BCUT2D eigenvalue weighted by molar-refractivity contribution is 9.10. The Balaban J connectivity index is 1.42. The van der Waals surface area contributed by atoms with Crippen LogP contribution >= 0.6 is 15.9 Å². The minimum Gasteiger partial charge on any atom is -0.309 e. The van der Waals surface area contributed by atoms with E-state index in [0.717, 1.165) is 36.3 Å². The van der Waals surface area contributed by atoms with Crippen LogP contribution in [0.15, 0.2) is 28.7 Å². The maximum absolute atomic E-state index is 3.89. The summed E-state index contributed by atoms with van der Waals surface area (Å²) >= 11 is 3.50. The van der Waals surface area contributed by atoms with Crippen LogP contribution < -0.4 is 5.32 Å². The smallest absolute Gasteiger partial charge is 0.0208 e. The van der Waals surface area contributed by atoms with Crippen molar-refractivity contribution in [3.63, 3.8) is 0 Å². The summed E-state index contributed by atoms with van der Waals surface area (Å²) in [5.74, 6) is 4.11. The minimum atomic E-state index is 0.802. The summed E-state index contributed by atoms with van der Waals surface area (Å²) in [5.41, 5.74) is 1.41. The summed E-state index contributed by atoms with van der Waals surface area (Å²) in [7, 11) is 0. The van der Waals surface area contributed by atoms with Gasteiger partial charge in [0.25, 0.3) is 0 Å². The first-order valence-corrected chi connectivity index (χ1v) is 8.55. The predicted octanol–water partition coefficient (Wildman–Crippen LogP) is 4.36. The molecule has 0 saturated heterocycles. The first-order chi connectivity index (χ1) is 9.28. The number of benzene rings is 1. The van der Waals surface area contributed by atoms with E-state index < -0.39 is 0 Å². The van der Waals surface area contributed by atoms with Gasteiger partial charge in [0, 0.05) is 17.1 Å². The molecule has 0 atom stereocenters. The van der Waals surface area contributed by atoms with Crippen LogP contribution in [0.1, 0.15) is 37.7 Å². The fourth-order valence-electron chi connectivity index (χ4n) is 5.10. The molecule has 5 rings (SSSR count). The lowest BCUT2D eigenvalue weighted by atomic mass is 9.54. The molecule has 1 aromatic rings. The van der Waals surface area contributed by atoms with Crippen LogP contribution in [0.25, 0.3) is 0 Å². The van der Waals surface area contributed by atoms with Gasteiger partial charge in [-0.05, 0) is 73.5 Å². The zero-order chi connectivity index (χ0) is 12.8. The first kappa shape index (κ1) is 12.4. The molecule has 4 fully saturated rings. The van der Waals surface area contributed by atoms with Crippen LogP contribution in [0.3, 0.4) is 0 Å². The Hall–Kier alpha value is -0.340. The van der Waals surface area contributed by atoms with Crippen LogP contribution in [0.5, 0.6) is 0 Å². The van der Waals surface area contributed by atoms with E-state index in [1.54, 1.807) is 6.42 Å². The number of hydrogen-bond acceptors (Lipinski definition) is 1. The molecule has 0 radical (unpaired) electrons. The third-order valence-electron chi connectivity index (χ3n) is 5.68. The lowest BCUT2D eigenvalue weighted by Crippen LogP contribution is -2.54. The van der Waals surface area contributed by atoms with Crippen molar-refractivity contribution in [2.45, 2.75) is 44.7 Å². The van der Waals surface area contributed by atoms with Crippen molar-refractivity contribution in [3.8, 4) is 0 Å². The summed E-state index contributed by atoms with van der Waals surface area (Å²) in [5, 5.41) is 3.89. The molecule has 102 valence electrons. The molecular weight excluding hydrogens is 298 g/mol. The van der Waals surface area contributed by atoms with Crippen LogP contribution in [0.4, 0.5) is 0 Å². The average Bonchev–Trinajstić information content (AvgIpc) is 2.39. The molecular formula is C17H22BrN. The Morgan fingerprint density at radius 2 is 1.47 bits per heavy atom. The van der Waals surface area contributed by atoms with Gasteiger partial charge in [-0.25, -0.2) is 0 Å². The maximum Gasteiger partial charge on any atom is 0.0208 e. The van der Waals surface area contributed by atoms with E-state index in [0.29, 0.717) is 0 Å². The molecule has 0 unspecified atom stereocenters. The van der Waals surface area contributed by atoms with Gasteiger partial charge in [0.2, 0.25) is 0 Å². The summed E-state index contributed by atoms with van der Waals surface area (Å²) in [6, 6.07) is 9.55. The van der Waals surface area contributed by atoms with Crippen molar-refractivity contribution in [3.05, 3.63) is 34.3 Å². The molecule has 4 saturated carbocycles. The summed E-state index contributed by atoms with van der Waals surface area (Å²) in [6.07, 6.45) is 7.57. The molecule has 1 aromatic carbocycles. The Morgan fingerprint density at radius 1 is 0.895 bits per heavy atom. The number of nitrogens with one attached hydrogen (secondary N) is 1. The fraction of sp³-hybridized carbons (Fsp3) is 0.647. The summed E-state index contributed by atoms with van der Waals surface area (Å²) < 4.78 is 1.17. The van der Waals surface area contributed by atoms with Gasteiger partial charge in [0.05, 0.1) is 0 Å². The van der Waals surface area contributed by atoms with Crippen molar-refractivity contribution >= 4 is 15.9 Å². The van der Waals surface area contributed by atoms with E-state index >= 15 is 0 Å². The van der Waals surface area contributed by atoms with Gasteiger partial charge in [0.1, 0.15) is 0 Å². The van der Waals surface area contributed by atoms with Crippen LogP contribution in [0, 0.1) is 23.7 Å². The van der Waals surface area contributed by atoms with Crippen molar-refractivity contribution in [2.24, 2.45) is 23.7 Å². The molecule has 0 aliphatic heterocycles. The van der Waals surface area contributed by atoms with Gasteiger partial charge < -0.3 is 5.32 Å². The Bertz CT molecular complexity index is 425.